The minimum absolute atomic E-state index is 0.242. The second-order valence-corrected chi connectivity index (χ2v) is 6.46. The van der Waals surface area contributed by atoms with Gasteiger partial charge in [-0.3, -0.25) is 4.79 Å². The number of amides is 1. The van der Waals surface area contributed by atoms with E-state index < -0.39 is 0 Å². The summed E-state index contributed by atoms with van der Waals surface area (Å²) in [6.45, 7) is 2.97. The van der Waals surface area contributed by atoms with E-state index in [1.165, 1.54) is 11.3 Å². The summed E-state index contributed by atoms with van der Waals surface area (Å²) in [6.07, 6.45) is 0. The maximum absolute atomic E-state index is 12.5. The van der Waals surface area contributed by atoms with Crippen LogP contribution in [-0.2, 0) is 6.54 Å². The van der Waals surface area contributed by atoms with Crippen LogP contribution in [0.25, 0.3) is 10.2 Å². The number of ether oxygens (including phenoxy) is 3. The lowest BCUT2D eigenvalue weighted by Crippen LogP contribution is -2.15. The molecule has 0 saturated heterocycles. The zero-order valence-corrected chi connectivity index (χ0v) is 14.6. The van der Waals surface area contributed by atoms with Gasteiger partial charge in [-0.1, -0.05) is 11.3 Å². The Balaban J connectivity index is 1.79. The number of fused-ring (bicyclic) bond motifs is 2. The zero-order chi connectivity index (χ0) is 17.4. The average molecular weight is 356 g/mol. The minimum atomic E-state index is -0.281. The Bertz CT molecular complexity index is 1020. The van der Waals surface area contributed by atoms with Crippen LogP contribution in [0, 0.1) is 0 Å². The van der Waals surface area contributed by atoms with E-state index in [0.29, 0.717) is 22.7 Å². The number of aromatic nitrogens is 1. The molecule has 0 bridgehead atoms. The van der Waals surface area contributed by atoms with Crippen molar-refractivity contribution < 1.29 is 19.0 Å². The Kier molecular flexibility index (Phi) is 3.93. The van der Waals surface area contributed by atoms with Gasteiger partial charge in [-0.15, -0.1) is 0 Å². The summed E-state index contributed by atoms with van der Waals surface area (Å²) < 4.78 is 19.0. The van der Waals surface area contributed by atoms with Crippen molar-refractivity contribution in [1.82, 2.24) is 4.57 Å². The van der Waals surface area contributed by atoms with Crippen LogP contribution < -0.4 is 19.0 Å². The molecule has 0 N–H and O–H groups in total. The molecular weight excluding hydrogens is 340 g/mol. The molecule has 3 aromatic rings. The predicted molar refractivity (Wildman–Crippen MR) is 94.5 cm³/mol. The first-order valence-corrected chi connectivity index (χ1v) is 8.67. The van der Waals surface area contributed by atoms with Crippen LogP contribution in [0.1, 0.15) is 17.3 Å². The van der Waals surface area contributed by atoms with Crippen molar-refractivity contribution in [3.05, 3.63) is 46.8 Å². The second kappa shape index (κ2) is 6.25. The van der Waals surface area contributed by atoms with E-state index in [-0.39, 0.29) is 12.7 Å². The van der Waals surface area contributed by atoms with Gasteiger partial charge in [0.1, 0.15) is 5.75 Å². The number of hydrogen-bond acceptors (Lipinski definition) is 5. The van der Waals surface area contributed by atoms with Crippen molar-refractivity contribution in [2.75, 3.05) is 13.9 Å². The summed E-state index contributed by atoms with van der Waals surface area (Å²) in [5.74, 6) is 1.87. The Morgan fingerprint density at radius 3 is 2.64 bits per heavy atom. The number of thiazole rings is 1. The number of carbonyl (C=O) groups is 1. The largest absolute Gasteiger partial charge is 0.497 e. The number of rotatable bonds is 3. The molecule has 0 atom stereocenters. The number of aryl methyl sites for hydroxylation is 1. The van der Waals surface area contributed by atoms with Crippen LogP contribution in [0.3, 0.4) is 0 Å². The molecule has 2 heterocycles. The molecular formula is C18H16N2O4S. The lowest BCUT2D eigenvalue weighted by Gasteiger charge is -2.02. The fourth-order valence-corrected chi connectivity index (χ4v) is 3.84. The topological polar surface area (TPSA) is 62.1 Å². The van der Waals surface area contributed by atoms with Crippen molar-refractivity contribution in [2.45, 2.75) is 13.5 Å². The molecule has 0 spiro atoms. The third-order valence-corrected chi connectivity index (χ3v) is 5.07. The van der Waals surface area contributed by atoms with Crippen LogP contribution in [-0.4, -0.2) is 24.4 Å². The SMILES string of the molecule is CCn1c(=NC(=O)c2ccc(OC)cc2)sc2cc3c(cc21)OCO3. The lowest BCUT2D eigenvalue weighted by atomic mass is 10.2. The molecule has 1 aliphatic heterocycles. The van der Waals surface area contributed by atoms with Crippen molar-refractivity contribution in [2.24, 2.45) is 4.99 Å². The molecule has 0 fully saturated rings. The average Bonchev–Trinajstić information content (AvgIpc) is 3.22. The molecule has 2 aromatic carbocycles. The molecule has 1 aromatic heterocycles. The molecule has 4 rings (SSSR count). The van der Waals surface area contributed by atoms with E-state index in [0.717, 1.165) is 21.7 Å². The number of methoxy groups -OCH3 is 1. The summed E-state index contributed by atoms with van der Waals surface area (Å²) in [7, 11) is 1.59. The van der Waals surface area contributed by atoms with Gasteiger partial charge in [0.25, 0.3) is 5.91 Å². The number of carbonyl (C=O) groups excluding carboxylic acids is 1. The standard InChI is InChI=1S/C18H16N2O4S/c1-3-20-13-8-14-15(24-10-23-14)9-16(13)25-18(20)19-17(21)11-4-6-12(22-2)7-5-11/h4-9H,3,10H2,1-2H3. The van der Waals surface area contributed by atoms with E-state index in [1.54, 1.807) is 31.4 Å². The monoisotopic (exact) mass is 356 g/mol. The van der Waals surface area contributed by atoms with Gasteiger partial charge in [0.15, 0.2) is 16.3 Å². The third kappa shape index (κ3) is 2.76. The summed E-state index contributed by atoms with van der Waals surface area (Å²) >= 11 is 1.46. The fraction of sp³-hybridized carbons (Fsp3) is 0.222. The highest BCUT2D eigenvalue weighted by Crippen LogP contribution is 2.36. The molecule has 128 valence electrons. The Labute approximate surface area is 147 Å². The van der Waals surface area contributed by atoms with Gasteiger partial charge in [-0.2, -0.15) is 4.99 Å². The van der Waals surface area contributed by atoms with Gasteiger partial charge in [0, 0.05) is 24.2 Å². The van der Waals surface area contributed by atoms with Gasteiger partial charge in [0.2, 0.25) is 6.79 Å². The van der Waals surface area contributed by atoms with E-state index in [4.69, 9.17) is 14.2 Å². The quantitative estimate of drug-likeness (QED) is 0.723. The highest BCUT2D eigenvalue weighted by Gasteiger charge is 2.17. The lowest BCUT2D eigenvalue weighted by molar-refractivity contribution is 0.0998. The van der Waals surface area contributed by atoms with E-state index in [1.807, 2.05) is 23.6 Å². The van der Waals surface area contributed by atoms with Crippen LogP contribution in [0.5, 0.6) is 17.2 Å². The second-order valence-electron chi connectivity index (χ2n) is 5.45. The van der Waals surface area contributed by atoms with Gasteiger partial charge >= 0.3 is 0 Å². The molecule has 6 nitrogen and oxygen atoms in total. The predicted octanol–water partition coefficient (Wildman–Crippen LogP) is 3.20. The van der Waals surface area contributed by atoms with E-state index in [9.17, 15) is 4.79 Å². The molecule has 0 saturated carbocycles. The minimum Gasteiger partial charge on any atom is -0.497 e. The number of hydrogen-bond donors (Lipinski definition) is 0. The molecule has 0 unspecified atom stereocenters. The highest BCUT2D eigenvalue weighted by atomic mass is 32.1. The van der Waals surface area contributed by atoms with Crippen LogP contribution in [0.2, 0.25) is 0 Å². The Morgan fingerprint density at radius 2 is 1.96 bits per heavy atom. The number of nitrogens with zero attached hydrogens (tertiary/aromatic N) is 2. The van der Waals surface area contributed by atoms with Gasteiger partial charge < -0.3 is 18.8 Å². The Hall–Kier alpha value is -2.80. The Morgan fingerprint density at radius 1 is 1.24 bits per heavy atom. The van der Waals surface area contributed by atoms with E-state index in [2.05, 4.69) is 4.99 Å². The number of benzene rings is 2. The maximum atomic E-state index is 12.5. The van der Waals surface area contributed by atoms with Gasteiger partial charge in [-0.25, -0.2) is 0 Å². The van der Waals surface area contributed by atoms with Gasteiger partial charge in [0.05, 0.1) is 17.3 Å². The summed E-state index contributed by atoms with van der Waals surface area (Å²) in [5.41, 5.74) is 1.51. The van der Waals surface area contributed by atoms with Crippen LogP contribution in [0.4, 0.5) is 0 Å². The van der Waals surface area contributed by atoms with Crippen LogP contribution in [0.15, 0.2) is 41.4 Å². The smallest absolute Gasteiger partial charge is 0.279 e. The normalized spacial score (nSPS) is 13.4. The molecule has 7 heteroatoms. The highest BCUT2D eigenvalue weighted by molar-refractivity contribution is 7.16. The maximum Gasteiger partial charge on any atom is 0.279 e. The first-order chi connectivity index (χ1) is 12.2. The van der Waals surface area contributed by atoms with Crippen LogP contribution >= 0.6 is 11.3 Å². The van der Waals surface area contributed by atoms with Crippen molar-refractivity contribution in [3.8, 4) is 17.2 Å². The van der Waals surface area contributed by atoms with Crippen molar-refractivity contribution >= 4 is 27.5 Å². The molecule has 25 heavy (non-hydrogen) atoms. The summed E-state index contributed by atoms with van der Waals surface area (Å²) in [6, 6.07) is 10.8. The molecule has 1 aliphatic rings. The zero-order valence-electron chi connectivity index (χ0n) is 13.8. The van der Waals surface area contributed by atoms with E-state index >= 15 is 0 Å². The first-order valence-electron chi connectivity index (χ1n) is 7.85. The first kappa shape index (κ1) is 15.7. The molecule has 0 radical (unpaired) electrons. The third-order valence-electron chi connectivity index (χ3n) is 4.03. The molecule has 1 amide bonds. The van der Waals surface area contributed by atoms with Crippen molar-refractivity contribution in [1.29, 1.82) is 0 Å². The van der Waals surface area contributed by atoms with Crippen molar-refractivity contribution in [3.63, 3.8) is 0 Å². The van der Waals surface area contributed by atoms with Gasteiger partial charge in [-0.05, 0) is 31.2 Å². The summed E-state index contributed by atoms with van der Waals surface area (Å²) in [4.78, 5) is 17.5. The fourth-order valence-electron chi connectivity index (χ4n) is 2.74. The summed E-state index contributed by atoms with van der Waals surface area (Å²) in [5, 5.41) is 0. The molecule has 0 aliphatic carbocycles.